The van der Waals surface area contributed by atoms with Gasteiger partial charge in [-0.05, 0) is 70.5 Å². The SMILES string of the molecule is CCC(C)C(C)(C)CC(C)(C)NCc1cc(O)c2c(c1F)CC1CC3C(N(C)C)C(=O)C(C(N)=O)C(=O)C3(O)C(=O)C1C2=O. The summed E-state index contributed by atoms with van der Waals surface area (Å²) >= 11 is 0. The van der Waals surface area contributed by atoms with Crippen molar-refractivity contribution in [3.63, 3.8) is 0 Å². The summed E-state index contributed by atoms with van der Waals surface area (Å²) in [4.78, 5) is 67.8. The fourth-order valence-electron chi connectivity index (χ4n) is 8.10. The Balaban J connectivity index is 1.69. The van der Waals surface area contributed by atoms with E-state index in [0.29, 0.717) is 5.92 Å². The molecule has 0 aliphatic heterocycles. The second-order valence-electron chi connectivity index (χ2n) is 14.7. The second-order valence-corrected chi connectivity index (χ2v) is 14.7. The number of likely N-dealkylation sites (N-methyl/N-ethyl adjacent to an activating group) is 1. The van der Waals surface area contributed by atoms with Crippen LogP contribution in [0.1, 0.15) is 82.3 Å². The molecule has 2 saturated carbocycles. The van der Waals surface area contributed by atoms with Gasteiger partial charge in [0.1, 0.15) is 11.6 Å². The summed E-state index contributed by atoms with van der Waals surface area (Å²) in [5, 5.41) is 26.0. The highest BCUT2D eigenvalue weighted by Gasteiger charge is 2.69. The molecule has 0 heterocycles. The molecule has 1 amide bonds. The van der Waals surface area contributed by atoms with E-state index in [1.165, 1.54) is 25.1 Å². The molecule has 242 valence electrons. The fourth-order valence-corrected chi connectivity index (χ4v) is 8.10. The van der Waals surface area contributed by atoms with E-state index in [-0.39, 0.29) is 47.0 Å². The molecule has 0 spiro atoms. The van der Waals surface area contributed by atoms with Crippen molar-refractivity contribution in [2.24, 2.45) is 40.7 Å². The number of Topliss-reactive ketones (excluding diaryl/α,β-unsaturated/α-hetero) is 4. The van der Waals surface area contributed by atoms with E-state index in [1.807, 2.05) is 13.8 Å². The molecule has 0 saturated heterocycles. The molecule has 3 aliphatic rings. The summed E-state index contributed by atoms with van der Waals surface area (Å²) in [6.45, 7) is 12.9. The lowest BCUT2D eigenvalue weighted by molar-refractivity contribution is -0.181. The number of aliphatic hydroxyl groups is 1. The van der Waals surface area contributed by atoms with Crippen molar-refractivity contribution in [1.82, 2.24) is 10.2 Å². The van der Waals surface area contributed by atoms with Crippen LogP contribution in [0.5, 0.6) is 5.75 Å². The zero-order valence-electron chi connectivity index (χ0n) is 26.9. The number of ketones is 4. The Hall–Kier alpha value is -3.02. The van der Waals surface area contributed by atoms with E-state index in [0.717, 1.165) is 12.8 Å². The number of hydrogen-bond donors (Lipinski definition) is 4. The number of nitrogens with one attached hydrogen (secondary N) is 1. The highest BCUT2D eigenvalue weighted by molar-refractivity contribution is 6.32. The van der Waals surface area contributed by atoms with E-state index in [2.05, 4.69) is 33.0 Å². The molecule has 7 atom stereocenters. The number of phenolic OH excluding ortho intramolecular Hbond substituents is 1. The van der Waals surface area contributed by atoms with Crippen molar-refractivity contribution in [2.75, 3.05) is 14.1 Å². The summed E-state index contributed by atoms with van der Waals surface area (Å²) in [6, 6.07) is -0.0392. The Bertz CT molecular complexity index is 1420. The molecule has 1 aromatic carbocycles. The lowest BCUT2D eigenvalue weighted by Crippen LogP contribution is -2.74. The van der Waals surface area contributed by atoms with Gasteiger partial charge in [-0.3, -0.25) is 28.9 Å². The average molecular weight is 616 g/mol. The monoisotopic (exact) mass is 615 g/mol. The average Bonchev–Trinajstić information content (AvgIpc) is 2.90. The number of phenols is 1. The largest absolute Gasteiger partial charge is 0.507 e. The molecule has 4 rings (SSSR count). The van der Waals surface area contributed by atoms with E-state index in [1.54, 1.807) is 0 Å². The number of nitrogens with zero attached hydrogens (tertiary/aromatic N) is 1. The van der Waals surface area contributed by atoms with E-state index in [4.69, 9.17) is 5.73 Å². The van der Waals surface area contributed by atoms with Crippen LogP contribution in [-0.4, -0.2) is 75.4 Å². The van der Waals surface area contributed by atoms with Crippen LogP contribution in [0.3, 0.4) is 0 Å². The second kappa shape index (κ2) is 11.4. The maximum atomic E-state index is 16.1. The number of halogens is 1. The third kappa shape index (κ3) is 5.30. The predicted octanol–water partition coefficient (Wildman–Crippen LogP) is 2.34. The van der Waals surface area contributed by atoms with Crippen molar-refractivity contribution in [3.8, 4) is 5.75 Å². The van der Waals surface area contributed by atoms with Gasteiger partial charge in [0.2, 0.25) is 5.91 Å². The first-order valence-corrected chi connectivity index (χ1v) is 15.3. The zero-order chi connectivity index (χ0) is 33.3. The molecule has 0 aromatic heterocycles. The highest BCUT2D eigenvalue weighted by atomic mass is 19.1. The molecule has 11 heteroatoms. The van der Waals surface area contributed by atoms with Crippen LogP contribution in [0.25, 0.3) is 0 Å². The Morgan fingerprint density at radius 3 is 2.34 bits per heavy atom. The summed E-state index contributed by atoms with van der Waals surface area (Å²) in [7, 11) is 3.02. The van der Waals surface area contributed by atoms with Gasteiger partial charge < -0.3 is 21.3 Å². The number of hydrogen-bond acceptors (Lipinski definition) is 9. The number of primary amides is 1. The minimum absolute atomic E-state index is 0.0163. The summed E-state index contributed by atoms with van der Waals surface area (Å²) in [6.07, 6.45) is 1.58. The fraction of sp³-hybridized carbons (Fsp3) is 0.667. The molecule has 3 aliphatic carbocycles. The molecular formula is C33H46FN3O7. The first-order chi connectivity index (χ1) is 20.2. The van der Waals surface area contributed by atoms with Gasteiger partial charge in [0.05, 0.1) is 17.5 Å². The van der Waals surface area contributed by atoms with Gasteiger partial charge in [-0.2, -0.15) is 0 Å². The van der Waals surface area contributed by atoms with Crippen LogP contribution in [0.4, 0.5) is 4.39 Å². The predicted molar refractivity (Wildman–Crippen MR) is 160 cm³/mol. The van der Waals surface area contributed by atoms with Crippen LogP contribution in [0.2, 0.25) is 0 Å². The van der Waals surface area contributed by atoms with Gasteiger partial charge in [0.25, 0.3) is 0 Å². The maximum Gasteiger partial charge on any atom is 0.235 e. The van der Waals surface area contributed by atoms with Gasteiger partial charge >= 0.3 is 0 Å². The number of amides is 1. The van der Waals surface area contributed by atoms with Crippen molar-refractivity contribution < 1.29 is 38.6 Å². The highest BCUT2D eigenvalue weighted by Crippen LogP contribution is 2.51. The number of benzene rings is 1. The summed E-state index contributed by atoms with van der Waals surface area (Å²) < 4.78 is 16.1. The smallest absolute Gasteiger partial charge is 0.235 e. The Morgan fingerprint density at radius 2 is 1.80 bits per heavy atom. The molecule has 5 N–H and O–H groups in total. The van der Waals surface area contributed by atoms with Crippen LogP contribution in [0, 0.1) is 40.8 Å². The summed E-state index contributed by atoms with van der Waals surface area (Å²) in [5.74, 6) is -11.9. The normalized spacial score (nSPS) is 29.8. The van der Waals surface area contributed by atoms with E-state index < -0.39 is 75.9 Å². The number of carbonyl (C=O) groups is 5. The zero-order valence-corrected chi connectivity index (χ0v) is 26.9. The number of fused-ring (bicyclic) bond motifs is 3. The topological polar surface area (TPSA) is 167 Å². The number of nitrogens with two attached hydrogens (primary N) is 1. The molecule has 0 bridgehead atoms. The van der Waals surface area contributed by atoms with Crippen molar-refractivity contribution in [1.29, 1.82) is 0 Å². The number of rotatable bonds is 9. The van der Waals surface area contributed by atoms with E-state index >= 15 is 4.39 Å². The van der Waals surface area contributed by atoms with Gasteiger partial charge in [-0.1, -0.05) is 34.1 Å². The molecule has 10 nitrogen and oxygen atoms in total. The van der Waals surface area contributed by atoms with Gasteiger partial charge in [-0.25, -0.2) is 4.39 Å². The Morgan fingerprint density at radius 1 is 1.18 bits per heavy atom. The maximum absolute atomic E-state index is 16.1. The molecular weight excluding hydrogens is 569 g/mol. The quantitative estimate of drug-likeness (QED) is 0.305. The first-order valence-electron chi connectivity index (χ1n) is 15.3. The summed E-state index contributed by atoms with van der Waals surface area (Å²) in [5.41, 5.74) is 1.94. The third-order valence-electron chi connectivity index (χ3n) is 10.7. The molecule has 7 unspecified atom stereocenters. The molecule has 0 radical (unpaired) electrons. The first kappa shape index (κ1) is 33.9. The third-order valence-corrected chi connectivity index (χ3v) is 10.7. The number of carbonyl (C=O) groups excluding carboxylic acids is 5. The van der Waals surface area contributed by atoms with Gasteiger partial charge in [-0.15, -0.1) is 0 Å². The number of aromatic hydroxyl groups is 1. The van der Waals surface area contributed by atoms with Crippen LogP contribution < -0.4 is 11.1 Å². The van der Waals surface area contributed by atoms with Gasteiger partial charge in [0, 0.05) is 29.1 Å². The molecule has 1 aromatic rings. The van der Waals surface area contributed by atoms with Crippen molar-refractivity contribution >= 4 is 29.0 Å². The van der Waals surface area contributed by atoms with Crippen LogP contribution in [0.15, 0.2) is 6.07 Å². The Labute approximate surface area is 257 Å². The molecule has 2 fully saturated rings. The molecule has 44 heavy (non-hydrogen) atoms. The van der Waals surface area contributed by atoms with Crippen LogP contribution >= 0.6 is 0 Å². The van der Waals surface area contributed by atoms with Crippen molar-refractivity contribution in [2.45, 2.75) is 91.0 Å². The lowest BCUT2D eigenvalue weighted by atomic mass is 9.52. The van der Waals surface area contributed by atoms with Crippen LogP contribution in [-0.2, 0) is 32.1 Å². The minimum Gasteiger partial charge on any atom is -0.507 e. The Kier molecular flexibility index (Phi) is 8.78. The van der Waals surface area contributed by atoms with E-state index in [9.17, 15) is 34.2 Å². The standard InChI is InChI=1S/C33H46FN3O7/c1-9-15(2)31(3,4)14-32(5,6)36-13-17-12-20(38)22-18(24(17)34)10-16-11-19-25(37(7)8)27(40)23(30(35)43)29(42)33(19,44)28(41)21(16)26(22)39/h12,15-16,19,21,23,25,36,38,44H,9-11,13-14H2,1-8H3,(H2,35,43). The lowest BCUT2D eigenvalue weighted by Gasteiger charge is -2.52. The van der Waals surface area contributed by atoms with Crippen molar-refractivity contribution in [3.05, 3.63) is 28.6 Å². The van der Waals surface area contributed by atoms with Gasteiger partial charge in [0.15, 0.2) is 34.7 Å². The minimum atomic E-state index is -2.82.